The quantitative estimate of drug-likeness (QED) is 0.680. The lowest BCUT2D eigenvalue weighted by Crippen LogP contribution is -2.45. The van der Waals surface area contributed by atoms with Crippen molar-refractivity contribution in [2.24, 2.45) is 0 Å². The van der Waals surface area contributed by atoms with Gasteiger partial charge in [0.05, 0.1) is 11.7 Å². The van der Waals surface area contributed by atoms with Crippen LogP contribution in [0.2, 0.25) is 0 Å². The summed E-state index contributed by atoms with van der Waals surface area (Å²) in [5, 5.41) is 19.2. The van der Waals surface area contributed by atoms with Gasteiger partial charge < -0.3 is 10.2 Å². The van der Waals surface area contributed by atoms with Gasteiger partial charge in [-0.1, -0.05) is 0 Å². The maximum Gasteiger partial charge on any atom is 0.0718 e. The van der Waals surface area contributed by atoms with Crippen LogP contribution in [-0.4, -0.2) is 46.5 Å². The topological polar surface area (TPSA) is 43.7 Å². The van der Waals surface area contributed by atoms with Gasteiger partial charge >= 0.3 is 0 Å². The summed E-state index contributed by atoms with van der Waals surface area (Å²) in [6, 6.07) is 0.242. The van der Waals surface area contributed by atoms with E-state index in [1.165, 1.54) is 0 Å². The maximum absolute atomic E-state index is 9.63. The van der Waals surface area contributed by atoms with E-state index in [0.29, 0.717) is 6.54 Å². The third kappa shape index (κ3) is 3.25. The number of likely N-dealkylation sites (N-methyl/N-ethyl adjacent to an activating group) is 1. The summed E-state index contributed by atoms with van der Waals surface area (Å²) < 4.78 is 0. The standard InChI is InChI=1S/C10H21NO2/c1-10(2,13)7-11(3)8-5-4-6-9(8)12/h8-9,12-13H,4-7H2,1-3H3/t8-,9-/m0/s1. The number of hydrogen-bond donors (Lipinski definition) is 2. The second-order valence-electron chi connectivity index (χ2n) is 4.79. The Balaban J connectivity index is 2.43. The molecule has 0 aromatic heterocycles. The smallest absolute Gasteiger partial charge is 0.0718 e. The predicted molar refractivity (Wildman–Crippen MR) is 52.6 cm³/mol. The summed E-state index contributed by atoms with van der Waals surface area (Å²) in [6.07, 6.45) is 2.85. The van der Waals surface area contributed by atoms with Gasteiger partial charge in [-0.2, -0.15) is 0 Å². The molecule has 0 aromatic carbocycles. The fraction of sp³-hybridized carbons (Fsp3) is 1.00. The Morgan fingerprint density at radius 1 is 1.38 bits per heavy atom. The van der Waals surface area contributed by atoms with Crippen LogP contribution in [0.15, 0.2) is 0 Å². The molecule has 1 fully saturated rings. The van der Waals surface area contributed by atoms with E-state index in [2.05, 4.69) is 4.90 Å². The monoisotopic (exact) mass is 187 g/mol. The molecule has 0 spiro atoms. The van der Waals surface area contributed by atoms with Gasteiger partial charge in [0.15, 0.2) is 0 Å². The lowest BCUT2D eigenvalue weighted by molar-refractivity contribution is 0.00839. The van der Waals surface area contributed by atoms with Crippen LogP contribution in [-0.2, 0) is 0 Å². The predicted octanol–water partition coefficient (Wildman–Crippen LogP) is 0.602. The molecule has 3 heteroatoms. The molecule has 0 radical (unpaired) electrons. The molecule has 1 aliphatic rings. The lowest BCUT2D eigenvalue weighted by atomic mass is 10.1. The first kappa shape index (κ1) is 11.0. The van der Waals surface area contributed by atoms with Gasteiger partial charge in [0, 0.05) is 12.6 Å². The summed E-state index contributed by atoms with van der Waals surface area (Å²) in [7, 11) is 1.97. The van der Waals surface area contributed by atoms with Crippen LogP contribution in [0.5, 0.6) is 0 Å². The Kier molecular flexibility index (Phi) is 3.33. The van der Waals surface area contributed by atoms with E-state index in [9.17, 15) is 10.2 Å². The molecule has 13 heavy (non-hydrogen) atoms. The average Bonchev–Trinajstić information content (AvgIpc) is 2.30. The van der Waals surface area contributed by atoms with Crippen molar-refractivity contribution < 1.29 is 10.2 Å². The van der Waals surface area contributed by atoms with Gasteiger partial charge in [0.1, 0.15) is 0 Å². The fourth-order valence-corrected chi connectivity index (χ4v) is 2.16. The fourth-order valence-electron chi connectivity index (χ4n) is 2.16. The van der Waals surface area contributed by atoms with Crippen LogP contribution in [0.4, 0.5) is 0 Å². The van der Waals surface area contributed by atoms with Crippen molar-refractivity contribution in [1.29, 1.82) is 0 Å². The van der Waals surface area contributed by atoms with Crippen LogP contribution in [0, 0.1) is 0 Å². The maximum atomic E-state index is 9.63. The SMILES string of the molecule is CN(CC(C)(C)O)[C@H]1CCC[C@@H]1O. The molecule has 0 aliphatic heterocycles. The van der Waals surface area contributed by atoms with Crippen LogP contribution in [0.1, 0.15) is 33.1 Å². The van der Waals surface area contributed by atoms with Crippen molar-refractivity contribution in [3.63, 3.8) is 0 Å². The van der Waals surface area contributed by atoms with Crippen LogP contribution in [0.25, 0.3) is 0 Å². The first-order chi connectivity index (χ1) is 5.90. The lowest BCUT2D eigenvalue weighted by Gasteiger charge is -2.31. The van der Waals surface area contributed by atoms with Crippen molar-refractivity contribution >= 4 is 0 Å². The van der Waals surface area contributed by atoms with Gasteiger partial charge in [0.25, 0.3) is 0 Å². The summed E-state index contributed by atoms with van der Waals surface area (Å²) in [6.45, 7) is 4.21. The summed E-state index contributed by atoms with van der Waals surface area (Å²) in [5.41, 5.74) is -0.670. The average molecular weight is 187 g/mol. The summed E-state index contributed by atoms with van der Waals surface area (Å²) in [4.78, 5) is 2.07. The molecule has 2 atom stereocenters. The Bertz CT molecular complexity index is 165. The molecule has 3 nitrogen and oxygen atoms in total. The second kappa shape index (κ2) is 3.95. The number of hydrogen-bond acceptors (Lipinski definition) is 3. The Hall–Kier alpha value is -0.120. The first-order valence-corrected chi connectivity index (χ1v) is 5.01. The van der Waals surface area contributed by atoms with E-state index in [1.54, 1.807) is 13.8 Å². The van der Waals surface area contributed by atoms with E-state index in [0.717, 1.165) is 19.3 Å². The molecule has 2 N–H and O–H groups in total. The number of rotatable bonds is 3. The zero-order valence-electron chi connectivity index (χ0n) is 8.82. The van der Waals surface area contributed by atoms with Crippen molar-refractivity contribution in [2.75, 3.05) is 13.6 Å². The highest BCUT2D eigenvalue weighted by atomic mass is 16.3. The van der Waals surface area contributed by atoms with E-state index >= 15 is 0 Å². The Labute approximate surface area is 80.4 Å². The van der Waals surface area contributed by atoms with Gasteiger partial charge in [-0.3, -0.25) is 4.90 Å². The molecule has 1 saturated carbocycles. The van der Waals surface area contributed by atoms with Crippen molar-refractivity contribution in [2.45, 2.75) is 50.9 Å². The van der Waals surface area contributed by atoms with Gasteiger partial charge in [-0.05, 0) is 40.2 Å². The second-order valence-corrected chi connectivity index (χ2v) is 4.79. The molecule has 0 saturated heterocycles. The molecule has 1 rings (SSSR count). The van der Waals surface area contributed by atoms with Crippen LogP contribution in [0.3, 0.4) is 0 Å². The minimum atomic E-state index is -0.670. The minimum Gasteiger partial charge on any atom is -0.391 e. The highest BCUT2D eigenvalue weighted by Crippen LogP contribution is 2.24. The van der Waals surface area contributed by atoms with Gasteiger partial charge in [0.2, 0.25) is 0 Å². The van der Waals surface area contributed by atoms with Gasteiger partial charge in [-0.15, -0.1) is 0 Å². The van der Waals surface area contributed by atoms with Crippen LogP contribution < -0.4 is 0 Å². The zero-order valence-corrected chi connectivity index (χ0v) is 8.82. The van der Waals surface area contributed by atoms with Gasteiger partial charge in [-0.25, -0.2) is 0 Å². The highest BCUT2D eigenvalue weighted by Gasteiger charge is 2.30. The largest absolute Gasteiger partial charge is 0.391 e. The van der Waals surface area contributed by atoms with E-state index in [-0.39, 0.29) is 12.1 Å². The molecule has 0 aromatic rings. The third-order valence-corrected chi connectivity index (χ3v) is 2.65. The molecule has 78 valence electrons. The normalized spacial score (nSPS) is 30.0. The molecule has 0 heterocycles. The molecule has 0 unspecified atom stereocenters. The number of aliphatic hydroxyl groups excluding tert-OH is 1. The van der Waals surface area contributed by atoms with Crippen molar-refractivity contribution in [3.05, 3.63) is 0 Å². The Morgan fingerprint density at radius 2 is 2.00 bits per heavy atom. The van der Waals surface area contributed by atoms with Crippen molar-refractivity contribution in [3.8, 4) is 0 Å². The van der Waals surface area contributed by atoms with E-state index in [1.807, 2.05) is 7.05 Å². The number of nitrogens with zero attached hydrogens (tertiary/aromatic N) is 1. The molecular weight excluding hydrogens is 166 g/mol. The van der Waals surface area contributed by atoms with E-state index in [4.69, 9.17) is 0 Å². The Morgan fingerprint density at radius 3 is 2.38 bits per heavy atom. The molecule has 0 amide bonds. The zero-order chi connectivity index (χ0) is 10.1. The molecule has 0 bridgehead atoms. The first-order valence-electron chi connectivity index (χ1n) is 5.01. The van der Waals surface area contributed by atoms with E-state index < -0.39 is 5.60 Å². The summed E-state index contributed by atoms with van der Waals surface area (Å²) in [5.74, 6) is 0. The molecular formula is C10H21NO2. The highest BCUT2D eigenvalue weighted by molar-refractivity contribution is 4.85. The summed E-state index contributed by atoms with van der Waals surface area (Å²) >= 11 is 0. The number of aliphatic hydroxyl groups is 2. The minimum absolute atomic E-state index is 0.202. The van der Waals surface area contributed by atoms with Crippen molar-refractivity contribution in [1.82, 2.24) is 4.90 Å². The van der Waals surface area contributed by atoms with Crippen LogP contribution >= 0.6 is 0 Å². The third-order valence-electron chi connectivity index (χ3n) is 2.65. The molecule has 1 aliphatic carbocycles.